The molecule has 0 aromatic heterocycles. The lowest BCUT2D eigenvalue weighted by Crippen LogP contribution is -2.30. The van der Waals surface area contributed by atoms with Gasteiger partial charge in [-0.25, -0.2) is 0 Å². The highest BCUT2D eigenvalue weighted by atomic mass is 32.2. The van der Waals surface area contributed by atoms with E-state index in [-0.39, 0.29) is 17.2 Å². The molecule has 46 heavy (non-hydrogen) atoms. The Labute approximate surface area is 271 Å². The van der Waals surface area contributed by atoms with E-state index >= 15 is 0 Å². The van der Waals surface area contributed by atoms with Crippen molar-refractivity contribution in [3.8, 4) is 28.7 Å². The van der Waals surface area contributed by atoms with Crippen LogP contribution in [0, 0.1) is 0 Å². The Morgan fingerprint density at radius 3 is 1.89 bits per heavy atom. The Bertz CT molecular complexity index is 1700. The number of carbonyl (C=O) groups excluding carboxylic acids is 3. The van der Waals surface area contributed by atoms with Crippen molar-refractivity contribution >= 4 is 41.1 Å². The van der Waals surface area contributed by atoms with Crippen LogP contribution in [0.2, 0.25) is 0 Å². The molecular formula is C35H34N2O8S. The molecule has 238 valence electrons. The monoisotopic (exact) mass is 642 g/mol. The van der Waals surface area contributed by atoms with Gasteiger partial charge in [0.25, 0.3) is 11.8 Å². The third-order valence-corrected chi connectivity index (χ3v) is 7.73. The minimum Gasteiger partial charge on any atom is -0.493 e. The lowest BCUT2D eigenvalue weighted by molar-refractivity contribution is -0.113. The molecule has 0 atom stereocenters. The maximum Gasteiger partial charge on any atom is 0.272 e. The standard InChI is InChI=1S/C35H34N2O8S/c1-41-29-16-11-24(20-30(29)42-2)28(38)21-46-26-14-12-25(13-15-26)36-35(40)27(37-34(39)23-9-7-6-8-10-23)17-22-18-31(43-3)33(45-5)32(19-22)44-4/h6-20H,21H2,1-5H3,(H,36,40)(H,37,39)/b27-17-. The number of thioether (sulfide) groups is 1. The van der Waals surface area contributed by atoms with Crippen molar-refractivity contribution in [2.75, 3.05) is 46.6 Å². The number of hydrogen-bond donors (Lipinski definition) is 2. The minimum absolute atomic E-state index is 0.0120. The van der Waals surface area contributed by atoms with Gasteiger partial charge in [-0.2, -0.15) is 0 Å². The van der Waals surface area contributed by atoms with Crippen LogP contribution >= 0.6 is 11.8 Å². The molecule has 2 N–H and O–H groups in total. The van der Waals surface area contributed by atoms with Crippen LogP contribution in [0.5, 0.6) is 28.7 Å². The van der Waals surface area contributed by atoms with Gasteiger partial charge < -0.3 is 34.3 Å². The zero-order chi connectivity index (χ0) is 33.1. The Kier molecular flexibility index (Phi) is 11.7. The van der Waals surface area contributed by atoms with Gasteiger partial charge >= 0.3 is 0 Å². The first kappa shape index (κ1) is 33.5. The van der Waals surface area contributed by atoms with E-state index in [1.54, 1.807) is 84.9 Å². The van der Waals surface area contributed by atoms with E-state index in [2.05, 4.69) is 10.6 Å². The first-order chi connectivity index (χ1) is 22.3. The molecule has 0 bridgehead atoms. The van der Waals surface area contributed by atoms with Crippen LogP contribution in [-0.4, -0.2) is 58.9 Å². The number of ketones is 1. The van der Waals surface area contributed by atoms with E-state index in [1.807, 2.05) is 0 Å². The molecule has 4 aromatic carbocycles. The van der Waals surface area contributed by atoms with Gasteiger partial charge in [0, 0.05) is 21.7 Å². The van der Waals surface area contributed by atoms with Gasteiger partial charge in [0.15, 0.2) is 28.8 Å². The molecule has 10 nitrogen and oxygen atoms in total. The topological polar surface area (TPSA) is 121 Å². The summed E-state index contributed by atoms with van der Waals surface area (Å²) in [6.45, 7) is 0. The number of rotatable bonds is 14. The quantitative estimate of drug-likeness (QED) is 0.0953. The van der Waals surface area contributed by atoms with Crippen molar-refractivity contribution < 1.29 is 38.1 Å². The number of carbonyl (C=O) groups is 3. The normalized spacial score (nSPS) is 10.8. The first-order valence-corrected chi connectivity index (χ1v) is 15.0. The molecule has 0 radical (unpaired) electrons. The van der Waals surface area contributed by atoms with Crippen molar-refractivity contribution in [2.24, 2.45) is 0 Å². The van der Waals surface area contributed by atoms with Gasteiger partial charge in [0.05, 0.1) is 41.3 Å². The number of nitrogens with one attached hydrogen (secondary N) is 2. The van der Waals surface area contributed by atoms with Gasteiger partial charge in [-0.1, -0.05) is 18.2 Å². The van der Waals surface area contributed by atoms with Gasteiger partial charge in [0.1, 0.15) is 5.70 Å². The van der Waals surface area contributed by atoms with Crippen LogP contribution in [0.4, 0.5) is 5.69 Å². The second-order valence-electron chi connectivity index (χ2n) is 9.60. The summed E-state index contributed by atoms with van der Waals surface area (Å²) in [4.78, 5) is 40.2. The number of benzene rings is 4. The highest BCUT2D eigenvalue weighted by Crippen LogP contribution is 2.38. The summed E-state index contributed by atoms with van der Waals surface area (Å²) >= 11 is 1.36. The highest BCUT2D eigenvalue weighted by molar-refractivity contribution is 8.00. The van der Waals surface area contributed by atoms with Crippen molar-refractivity contribution in [1.29, 1.82) is 0 Å². The number of Topliss-reactive ketones (excluding diaryl/α,β-unsaturated/α-hetero) is 1. The Hall–Kier alpha value is -5.42. The predicted molar refractivity (Wildman–Crippen MR) is 178 cm³/mol. The van der Waals surface area contributed by atoms with Crippen molar-refractivity contribution in [1.82, 2.24) is 5.32 Å². The molecule has 0 unspecified atom stereocenters. The average molecular weight is 643 g/mol. The highest BCUT2D eigenvalue weighted by Gasteiger charge is 2.18. The van der Waals surface area contributed by atoms with Crippen LogP contribution < -0.4 is 34.3 Å². The molecule has 0 aliphatic rings. The lowest BCUT2D eigenvalue weighted by Gasteiger charge is -2.15. The fraction of sp³-hybridized carbons (Fsp3) is 0.171. The molecule has 0 heterocycles. The van der Waals surface area contributed by atoms with Crippen LogP contribution in [0.15, 0.2) is 95.5 Å². The number of hydrogen-bond acceptors (Lipinski definition) is 9. The number of amides is 2. The molecule has 11 heteroatoms. The summed E-state index contributed by atoms with van der Waals surface area (Å²) in [6, 6.07) is 24.0. The smallest absolute Gasteiger partial charge is 0.272 e. The zero-order valence-electron chi connectivity index (χ0n) is 26.0. The third-order valence-electron chi connectivity index (χ3n) is 6.71. The van der Waals surface area contributed by atoms with Gasteiger partial charge in [-0.05, 0) is 78.4 Å². The van der Waals surface area contributed by atoms with Crippen molar-refractivity contribution in [3.05, 3.63) is 107 Å². The van der Waals surface area contributed by atoms with Crippen molar-refractivity contribution in [3.63, 3.8) is 0 Å². The van der Waals surface area contributed by atoms with E-state index in [1.165, 1.54) is 53.4 Å². The summed E-state index contributed by atoms with van der Waals surface area (Å²) in [5, 5.41) is 5.55. The summed E-state index contributed by atoms with van der Waals surface area (Å²) in [5.41, 5.74) is 1.90. The fourth-order valence-electron chi connectivity index (χ4n) is 4.37. The molecule has 0 spiro atoms. The van der Waals surface area contributed by atoms with Crippen molar-refractivity contribution in [2.45, 2.75) is 4.90 Å². The van der Waals surface area contributed by atoms with E-state index in [9.17, 15) is 14.4 Å². The molecule has 0 saturated carbocycles. The molecule has 2 amide bonds. The number of anilines is 1. The number of ether oxygens (including phenoxy) is 5. The molecule has 0 saturated heterocycles. The molecule has 4 aromatic rings. The first-order valence-electron chi connectivity index (χ1n) is 14.0. The zero-order valence-corrected chi connectivity index (χ0v) is 26.9. The average Bonchev–Trinajstić information content (AvgIpc) is 3.10. The summed E-state index contributed by atoms with van der Waals surface area (Å²) in [7, 11) is 7.53. The van der Waals surface area contributed by atoms with E-state index in [0.717, 1.165) is 4.90 Å². The molecule has 0 aliphatic carbocycles. The van der Waals surface area contributed by atoms with E-state index in [0.29, 0.717) is 51.1 Å². The largest absolute Gasteiger partial charge is 0.493 e. The maximum atomic E-state index is 13.5. The summed E-state index contributed by atoms with van der Waals surface area (Å²) in [5.74, 6) is 1.32. The molecule has 0 aliphatic heterocycles. The van der Waals surface area contributed by atoms with Crippen LogP contribution in [-0.2, 0) is 4.79 Å². The SMILES string of the molecule is COc1ccc(C(=O)CSc2ccc(NC(=O)/C(=C/c3cc(OC)c(OC)c(OC)c3)NC(=O)c3ccccc3)cc2)cc1OC. The second-order valence-corrected chi connectivity index (χ2v) is 10.6. The molecule has 0 fully saturated rings. The Morgan fingerprint density at radius 1 is 0.674 bits per heavy atom. The third kappa shape index (κ3) is 8.39. The number of methoxy groups -OCH3 is 5. The van der Waals surface area contributed by atoms with E-state index in [4.69, 9.17) is 23.7 Å². The Balaban J connectivity index is 1.51. The van der Waals surface area contributed by atoms with Gasteiger partial charge in [-0.3, -0.25) is 14.4 Å². The van der Waals surface area contributed by atoms with Crippen LogP contribution in [0.1, 0.15) is 26.3 Å². The van der Waals surface area contributed by atoms with Crippen LogP contribution in [0.25, 0.3) is 6.08 Å². The summed E-state index contributed by atoms with van der Waals surface area (Å²) in [6.07, 6.45) is 1.52. The lowest BCUT2D eigenvalue weighted by atomic mass is 10.1. The summed E-state index contributed by atoms with van der Waals surface area (Å²) < 4.78 is 26.8. The van der Waals surface area contributed by atoms with Crippen LogP contribution in [0.3, 0.4) is 0 Å². The van der Waals surface area contributed by atoms with Gasteiger partial charge in [0.2, 0.25) is 5.75 Å². The minimum atomic E-state index is -0.554. The Morgan fingerprint density at radius 2 is 1.30 bits per heavy atom. The molecular weight excluding hydrogens is 608 g/mol. The van der Waals surface area contributed by atoms with E-state index < -0.39 is 11.8 Å². The molecule has 4 rings (SSSR count). The predicted octanol–water partition coefficient (Wildman–Crippen LogP) is 6.11. The second kappa shape index (κ2) is 16.1. The van der Waals surface area contributed by atoms with Gasteiger partial charge in [-0.15, -0.1) is 11.8 Å². The maximum absolute atomic E-state index is 13.5. The fourth-order valence-corrected chi connectivity index (χ4v) is 5.16.